The van der Waals surface area contributed by atoms with Crippen molar-refractivity contribution in [1.29, 1.82) is 0 Å². The van der Waals surface area contributed by atoms with E-state index in [0.29, 0.717) is 5.56 Å². The zero-order valence-electron chi connectivity index (χ0n) is 8.77. The van der Waals surface area contributed by atoms with Crippen LogP contribution in [-0.4, -0.2) is 22.7 Å². The highest BCUT2D eigenvalue weighted by Crippen LogP contribution is 2.28. The van der Waals surface area contributed by atoms with Crippen molar-refractivity contribution < 1.29 is 13.2 Å². The van der Waals surface area contributed by atoms with E-state index in [9.17, 15) is 13.2 Å². The quantitative estimate of drug-likeness (QED) is 0.841. The number of anilines is 1. The molecule has 1 heterocycles. The summed E-state index contributed by atoms with van der Waals surface area (Å²) < 4.78 is 36.1. The summed E-state index contributed by atoms with van der Waals surface area (Å²) in [6, 6.07) is 0. The molecule has 90 valence electrons. The molecule has 1 aromatic rings. The predicted octanol–water partition coefficient (Wildman–Crippen LogP) is 3.23. The van der Waals surface area contributed by atoms with Gasteiger partial charge in [-0.05, 0) is 5.92 Å². The van der Waals surface area contributed by atoms with Crippen LogP contribution in [0.15, 0.2) is 6.33 Å². The van der Waals surface area contributed by atoms with Gasteiger partial charge in [0.05, 0.1) is 0 Å². The van der Waals surface area contributed by atoms with Gasteiger partial charge in [-0.25, -0.2) is 9.97 Å². The van der Waals surface area contributed by atoms with Crippen LogP contribution in [0.2, 0.25) is 5.15 Å². The van der Waals surface area contributed by atoms with E-state index in [1.807, 2.05) is 13.8 Å². The van der Waals surface area contributed by atoms with Gasteiger partial charge in [0.25, 0.3) is 0 Å². The highest BCUT2D eigenvalue weighted by molar-refractivity contribution is 6.30. The number of aromatic nitrogens is 2. The minimum Gasteiger partial charge on any atom is -0.361 e. The molecule has 0 bridgehead atoms. The van der Waals surface area contributed by atoms with Crippen LogP contribution in [0.3, 0.4) is 0 Å². The Morgan fingerprint density at radius 1 is 1.38 bits per heavy atom. The normalized spacial score (nSPS) is 11.9. The molecule has 0 unspecified atom stereocenters. The zero-order valence-corrected chi connectivity index (χ0v) is 9.52. The minimum absolute atomic E-state index is 0.0515. The van der Waals surface area contributed by atoms with Gasteiger partial charge in [-0.15, -0.1) is 0 Å². The molecule has 0 amide bonds. The first-order chi connectivity index (χ1) is 7.31. The third-order valence-electron chi connectivity index (χ3n) is 1.87. The van der Waals surface area contributed by atoms with Crippen molar-refractivity contribution in [2.24, 2.45) is 0 Å². The lowest BCUT2D eigenvalue weighted by atomic mass is 10.1. The summed E-state index contributed by atoms with van der Waals surface area (Å²) in [5.74, 6) is 0.0803. The minimum atomic E-state index is -4.29. The molecule has 0 spiro atoms. The molecule has 0 aromatic carbocycles. The van der Waals surface area contributed by atoms with Gasteiger partial charge in [0, 0.05) is 5.56 Å². The molecule has 0 saturated carbocycles. The number of hydrogen-bond donors (Lipinski definition) is 1. The second-order valence-electron chi connectivity index (χ2n) is 3.55. The van der Waals surface area contributed by atoms with Crippen molar-refractivity contribution in [2.75, 3.05) is 11.9 Å². The standard InChI is InChI=1S/C9H11ClF3N3/c1-5(2)6-7(10)15-4-16-8(6)14-3-9(11,12)13/h4-5H,3H2,1-2H3,(H,14,15,16). The molecule has 16 heavy (non-hydrogen) atoms. The van der Waals surface area contributed by atoms with Crippen molar-refractivity contribution in [3.8, 4) is 0 Å². The molecule has 3 nitrogen and oxygen atoms in total. The third-order valence-corrected chi connectivity index (χ3v) is 2.17. The molecular formula is C9H11ClF3N3. The number of alkyl halides is 3. The van der Waals surface area contributed by atoms with E-state index < -0.39 is 12.7 Å². The summed E-state index contributed by atoms with van der Waals surface area (Å²) in [7, 11) is 0. The van der Waals surface area contributed by atoms with Crippen LogP contribution in [0.25, 0.3) is 0 Å². The number of nitrogens with one attached hydrogen (secondary N) is 1. The number of nitrogens with zero attached hydrogens (tertiary/aromatic N) is 2. The molecule has 0 atom stereocenters. The molecule has 0 aliphatic heterocycles. The van der Waals surface area contributed by atoms with Gasteiger partial charge in [-0.1, -0.05) is 25.4 Å². The van der Waals surface area contributed by atoms with E-state index in [1.54, 1.807) is 0 Å². The Morgan fingerprint density at radius 2 is 2.00 bits per heavy atom. The van der Waals surface area contributed by atoms with Crippen LogP contribution in [-0.2, 0) is 0 Å². The molecule has 1 N–H and O–H groups in total. The smallest absolute Gasteiger partial charge is 0.361 e. The number of rotatable bonds is 3. The van der Waals surface area contributed by atoms with Gasteiger partial charge < -0.3 is 5.32 Å². The highest BCUT2D eigenvalue weighted by Gasteiger charge is 2.27. The highest BCUT2D eigenvalue weighted by atomic mass is 35.5. The summed E-state index contributed by atoms with van der Waals surface area (Å²) in [6.07, 6.45) is -3.15. The maximum Gasteiger partial charge on any atom is 0.405 e. The molecule has 0 aliphatic rings. The lowest BCUT2D eigenvalue weighted by Gasteiger charge is -2.15. The third kappa shape index (κ3) is 3.52. The van der Waals surface area contributed by atoms with Crippen molar-refractivity contribution >= 4 is 17.4 Å². The Balaban J connectivity index is 2.91. The summed E-state index contributed by atoms with van der Waals surface area (Å²) >= 11 is 5.80. The van der Waals surface area contributed by atoms with Crippen molar-refractivity contribution in [3.05, 3.63) is 17.0 Å². The van der Waals surface area contributed by atoms with Gasteiger partial charge in [-0.3, -0.25) is 0 Å². The molecule has 1 rings (SSSR count). The zero-order chi connectivity index (χ0) is 12.3. The Kier molecular flexibility index (Phi) is 3.96. The summed E-state index contributed by atoms with van der Waals surface area (Å²) in [6.45, 7) is 2.48. The molecule has 7 heteroatoms. The molecular weight excluding hydrogens is 243 g/mol. The molecule has 0 saturated heterocycles. The average molecular weight is 254 g/mol. The van der Waals surface area contributed by atoms with Crippen LogP contribution in [0.5, 0.6) is 0 Å². The first-order valence-corrected chi connectivity index (χ1v) is 5.00. The average Bonchev–Trinajstić information content (AvgIpc) is 2.12. The van der Waals surface area contributed by atoms with Crippen molar-refractivity contribution in [3.63, 3.8) is 0 Å². The van der Waals surface area contributed by atoms with Crippen LogP contribution in [0.1, 0.15) is 25.3 Å². The second kappa shape index (κ2) is 4.86. The Morgan fingerprint density at radius 3 is 2.50 bits per heavy atom. The fourth-order valence-electron chi connectivity index (χ4n) is 1.21. The Bertz CT molecular complexity index is 366. The van der Waals surface area contributed by atoms with Gasteiger partial charge in [-0.2, -0.15) is 13.2 Å². The van der Waals surface area contributed by atoms with E-state index in [-0.39, 0.29) is 16.9 Å². The SMILES string of the molecule is CC(C)c1c(Cl)ncnc1NCC(F)(F)F. The largest absolute Gasteiger partial charge is 0.405 e. The summed E-state index contributed by atoms with van der Waals surface area (Å²) in [5, 5.41) is 2.39. The van der Waals surface area contributed by atoms with Gasteiger partial charge >= 0.3 is 6.18 Å². The van der Waals surface area contributed by atoms with E-state index >= 15 is 0 Å². The summed E-state index contributed by atoms with van der Waals surface area (Å²) in [5.41, 5.74) is 0.494. The maximum atomic E-state index is 12.0. The van der Waals surface area contributed by atoms with Gasteiger partial charge in [0.15, 0.2) is 0 Å². The van der Waals surface area contributed by atoms with Gasteiger partial charge in [0.2, 0.25) is 0 Å². The fraction of sp³-hybridized carbons (Fsp3) is 0.556. The molecule has 1 aromatic heterocycles. The van der Waals surface area contributed by atoms with Gasteiger partial charge in [0.1, 0.15) is 23.8 Å². The van der Waals surface area contributed by atoms with Crippen LogP contribution < -0.4 is 5.32 Å². The topological polar surface area (TPSA) is 37.8 Å². The monoisotopic (exact) mass is 253 g/mol. The molecule has 0 radical (unpaired) electrons. The van der Waals surface area contributed by atoms with Crippen molar-refractivity contribution in [1.82, 2.24) is 9.97 Å². The van der Waals surface area contributed by atoms with Crippen LogP contribution in [0.4, 0.5) is 19.0 Å². The van der Waals surface area contributed by atoms with Crippen LogP contribution >= 0.6 is 11.6 Å². The summed E-state index contributed by atoms with van der Waals surface area (Å²) in [4.78, 5) is 7.50. The number of halogens is 4. The fourth-order valence-corrected chi connectivity index (χ4v) is 1.56. The maximum absolute atomic E-state index is 12.0. The van der Waals surface area contributed by atoms with E-state index in [0.717, 1.165) is 6.33 Å². The first-order valence-electron chi connectivity index (χ1n) is 4.62. The molecule has 0 fully saturated rings. The first kappa shape index (κ1) is 13.0. The van der Waals surface area contributed by atoms with Crippen molar-refractivity contribution in [2.45, 2.75) is 25.9 Å². The van der Waals surface area contributed by atoms with Crippen LogP contribution in [0, 0.1) is 0 Å². The predicted molar refractivity (Wildman–Crippen MR) is 55.7 cm³/mol. The van der Waals surface area contributed by atoms with E-state index in [2.05, 4.69) is 15.3 Å². The van der Waals surface area contributed by atoms with E-state index in [4.69, 9.17) is 11.6 Å². The number of hydrogen-bond acceptors (Lipinski definition) is 3. The molecule has 0 aliphatic carbocycles. The Hall–Kier alpha value is -1.04. The second-order valence-corrected chi connectivity index (χ2v) is 3.91. The Labute approximate surface area is 96.0 Å². The van der Waals surface area contributed by atoms with E-state index in [1.165, 1.54) is 0 Å². The lowest BCUT2D eigenvalue weighted by Crippen LogP contribution is -2.22. The lowest BCUT2D eigenvalue weighted by molar-refractivity contribution is -0.115.